The summed E-state index contributed by atoms with van der Waals surface area (Å²) in [5.74, 6) is 0. The summed E-state index contributed by atoms with van der Waals surface area (Å²) in [6.07, 6.45) is 5.77. The third-order valence-electron chi connectivity index (χ3n) is 3.94. The molecule has 3 nitrogen and oxygen atoms in total. The van der Waals surface area contributed by atoms with Gasteiger partial charge in [-0.3, -0.25) is 0 Å². The van der Waals surface area contributed by atoms with Gasteiger partial charge < -0.3 is 10.1 Å². The fourth-order valence-corrected chi connectivity index (χ4v) is 2.58. The van der Waals surface area contributed by atoms with E-state index in [-0.39, 0.29) is 6.09 Å². The summed E-state index contributed by atoms with van der Waals surface area (Å²) in [6, 6.07) is 20.8. The second-order valence-corrected chi connectivity index (χ2v) is 5.95. The number of hydrogen-bond donors (Lipinski definition) is 1. The van der Waals surface area contributed by atoms with Gasteiger partial charge >= 0.3 is 6.09 Å². The van der Waals surface area contributed by atoms with Gasteiger partial charge in [0, 0.05) is 6.54 Å². The summed E-state index contributed by atoms with van der Waals surface area (Å²) < 4.78 is 5.19. The van der Waals surface area contributed by atoms with Crippen LogP contribution in [-0.4, -0.2) is 19.2 Å². The third-order valence-corrected chi connectivity index (χ3v) is 3.94. The molecule has 0 aliphatic heterocycles. The number of alkyl carbamates (subject to hydrolysis) is 1. The number of carbonyl (C=O) groups excluding carboxylic acids is 1. The zero-order chi connectivity index (χ0) is 16.9. The van der Waals surface area contributed by atoms with Gasteiger partial charge in [0.15, 0.2) is 0 Å². The van der Waals surface area contributed by atoms with E-state index < -0.39 is 0 Å². The summed E-state index contributed by atoms with van der Waals surface area (Å²) in [7, 11) is 0. The molecule has 0 aromatic heterocycles. The highest BCUT2D eigenvalue weighted by molar-refractivity contribution is 5.66. The van der Waals surface area contributed by atoms with Crippen molar-refractivity contribution in [2.75, 3.05) is 13.2 Å². The summed E-state index contributed by atoms with van der Waals surface area (Å²) in [5.41, 5.74) is 2.68. The number of nitrogens with one attached hydrogen (secondary N) is 1. The molecule has 0 spiro atoms. The molecule has 2 aromatic carbocycles. The van der Waals surface area contributed by atoms with Gasteiger partial charge in [0.05, 0.1) is 6.61 Å². The molecule has 0 saturated heterocycles. The van der Waals surface area contributed by atoms with Crippen molar-refractivity contribution >= 4 is 6.09 Å². The van der Waals surface area contributed by atoms with Crippen molar-refractivity contribution in [1.82, 2.24) is 5.32 Å². The molecule has 0 fully saturated rings. The zero-order valence-corrected chi connectivity index (χ0v) is 14.2. The molecule has 0 aliphatic rings. The summed E-state index contributed by atoms with van der Waals surface area (Å²) >= 11 is 0. The van der Waals surface area contributed by atoms with Crippen molar-refractivity contribution in [1.29, 1.82) is 0 Å². The first-order valence-corrected chi connectivity index (χ1v) is 8.83. The Hall–Kier alpha value is -2.29. The minimum atomic E-state index is -0.297. The molecule has 24 heavy (non-hydrogen) atoms. The Morgan fingerprint density at radius 3 is 1.88 bits per heavy atom. The first-order valence-electron chi connectivity index (χ1n) is 8.83. The first kappa shape index (κ1) is 18.1. The molecule has 1 N–H and O–H groups in total. The van der Waals surface area contributed by atoms with Crippen LogP contribution in [0.2, 0.25) is 0 Å². The van der Waals surface area contributed by atoms with E-state index in [9.17, 15) is 4.79 Å². The maximum atomic E-state index is 11.6. The van der Waals surface area contributed by atoms with Crippen molar-refractivity contribution in [3.63, 3.8) is 0 Å². The van der Waals surface area contributed by atoms with E-state index in [1.165, 1.54) is 11.1 Å². The molecule has 0 unspecified atom stereocenters. The molecule has 3 heteroatoms. The van der Waals surface area contributed by atoms with Crippen LogP contribution >= 0.6 is 0 Å². The smallest absolute Gasteiger partial charge is 0.407 e. The minimum absolute atomic E-state index is 0.297. The third kappa shape index (κ3) is 7.82. The number of unbranched alkanes of at least 4 members (excludes halogenated alkanes) is 2. The lowest BCUT2D eigenvalue weighted by atomic mass is 10.1. The molecule has 2 aromatic rings. The van der Waals surface area contributed by atoms with Crippen molar-refractivity contribution in [2.24, 2.45) is 0 Å². The van der Waals surface area contributed by atoms with Crippen LogP contribution in [0.5, 0.6) is 0 Å². The van der Waals surface area contributed by atoms with Crippen molar-refractivity contribution in [3.8, 4) is 0 Å². The van der Waals surface area contributed by atoms with Crippen LogP contribution in [0, 0.1) is 0 Å². The number of aryl methyl sites for hydroxylation is 2. The van der Waals surface area contributed by atoms with E-state index in [1.54, 1.807) is 0 Å². The van der Waals surface area contributed by atoms with Gasteiger partial charge in [0.1, 0.15) is 0 Å². The number of ether oxygens (including phenoxy) is 1. The number of carbonyl (C=O) groups is 1. The fraction of sp³-hybridized carbons (Fsp3) is 0.381. The number of hydrogen-bond acceptors (Lipinski definition) is 2. The normalized spacial score (nSPS) is 10.3. The molecular formula is C21H27NO2. The maximum absolute atomic E-state index is 11.6. The van der Waals surface area contributed by atoms with Crippen LogP contribution in [0.3, 0.4) is 0 Å². The van der Waals surface area contributed by atoms with E-state index >= 15 is 0 Å². The number of benzene rings is 2. The Kier molecular flexibility index (Phi) is 8.48. The van der Waals surface area contributed by atoms with E-state index in [1.807, 2.05) is 12.1 Å². The average Bonchev–Trinajstić information content (AvgIpc) is 2.63. The highest BCUT2D eigenvalue weighted by Gasteiger charge is 2.01. The second kappa shape index (κ2) is 11.3. The highest BCUT2D eigenvalue weighted by Crippen LogP contribution is 2.05. The maximum Gasteiger partial charge on any atom is 0.407 e. The van der Waals surface area contributed by atoms with E-state index in [0.717, 1.165) is 38.5 Å². The molecule has 128 valence electrons. The number of amides is 1. The van der Waals surface area contributed by atoms with Gasteiger partial charge in [-0.05, 0) is 49.7 Å². The summed E-state index contributed by atoms with van der Waals surface area (Å²) in [6.45, 7) is 1.17. The van der Waals surface area contributed by atoms with Gasteiger partial charge in [-0.2, -0.15) is 0 Å². The predicted octanol–water partition coefficient (Wildman–Crippen LogP) is 4.76. The minimum Gasteiger partial charge on any atom is -0.450 e. The zero-order valence-electron chi connectivity index (χ0n) is 14.2. The lowest BCUT2D eigenvalue weighted by molar-refractivity contribution is 0.144. The largest absolute Gasteiger partial charge is 0.450 e. The predicted molar refractivity (Wildman–Crippen MR) is 98.1 cm³/mol. The lowest BCUT2D eigenvalue weighted by Gasteiger charge is -2.07. The van der Waals surface area contributed by atoms with Crippen molar-refractivity contribution in [3.05, 3.63) is 71.8 Å². The van der Waals surface area contributed by atoms with Gasteiger partial charge in [0.25, 0.3) is 0 Å². The quantitative estimate of drug-likeness (QED) is 0.640. The van der Waals surface area contributed by atoms with Crippen LogP contribution in [-0.2, 0) is 17.6 Å². The van der Waals surface area contributed by atoms with E-state index in [4.69, 9.17) is 4.74 Å². The van der Waals surface area contributed by atoms with Crippen LogP contribution in [0.4, 0.5) is 4.79 Å². The van der Waals surface area contributed by atoms with E-state index in [0.29, 0.717) is 13.2 Å². The molecule has 0 bridgehead atoms. The fourth-order valence-electron chi connectivity index (χ4n) is 2.58. The first-order chi connectivity index (χ1) is 11.8. The molecule has 0 aliphatic carbocycles. The van der Waals surface area contributed by atoms with Crippen molar-refractivity contribution < 1.29 is 9.53 Å². The van der Waals surface area contributed by atoms with Gasteiger partial charge in [-0.15, -0.1) is 0 Å². The van der Waals surface area contributed by atoms with Crippen LogP contribution in [0.1, 0.15) is 36.8 Å². The Balaban J connectivity index is 1.42. The topological polar surface area (TPSA) is 38.3 Å². The van der Waals surface area contributed by atoms with Crippen molar-refractivity contribution in [2.45, 2.75) is 38.5 Å². The van der Waals surface area contributed by atoms with Gasteiger partial charge in [-0.1, -0.05) is 60.7 Å². The Morgan fingerprint density at radius 2 is 1.29 bits per heavy atom. The monoisotopic (exact) mass is 325 g/mol. The van der Waals surface area contributed by atoms with Gasteiger partial charge in [0.2, 0.25) is 0 Å². The van der Waals surface area contributed by atoms with Gasteiger partial charge in [-0.25, -0.2) is 4.79 Å². The molecule has 0 radical (unpaired) electrons. The molecule has 0 saturated carbocycles. The SMILES string of the molecule is O=C(NCCCCc1ccccc1)OCCCCc1ccccc1. The van der Waals surface area contributed by atoms with Crippen LogP contribution in [0.15, 0.2) is 60.7 Å². The highest BCUT2D eigenvalue weighted by atomic mass is 16.5. The second-order valence-electron chi connectivity index (χ2n) is 5.95. The van der Waals surface area contributed by atoms with Crippen LogP contribution in [0.25, 0.3) is 0 Å². The molecule has 1 amide bonds. The molecule has 0 heterocycles. The van der Waals surface area contributed by atoms with E-state index in [2.05, 4.69) is 53.8 Å². The molecule has 2 rings (SSSR count). The molecular weight excluding hydrogens is 298 g/mol. The Morgan fingerprint density at radius 1 is 0.750 bits per heavy atom. The number of rotatable bonds is 10. The van der Waals surface area contributed by atoms with Crippen LogP contribution < -0.4 is 5.32 Å². The standard InChI is InChI=1S/C21H27NO2/c23-21(22-17-9-7-15-19-11-3-1-4-12-19)24-18-10-8-16-20-13-5-2-6-14-20/h1-6,11-14H,7-10,15-18H2,(H,22,23). The summed E-state index contributed by atoms with van der Waals surface area (Å²) in [4.78, 5) is 11.6. The Bertz CT molecular complexity index is 517. The Labute approximate surface area is 145 Å². The average molecular weight is 325 g/mol. The molecule has 0 atom stereocenters. The lowest BCUT2D eigenvalue weighted by Crippen LogP contribution is -2.25. The summed E-state index contributed by atoms with van der Waals surface area (Å²) in [5, 5.41) is 2.82.